The summed E-state index contributed by atoms with van der Waals surface area (Å²) in [4.78, 5) is 15.2. The van der Waals surface area contributed by atoms with Gasteiger partial charge < -0.3 is 9.64 Å². The van der Waals surface area contributed by atoms with E-state index in [4.69, 9.17) is 9.72 Å². The van der Waals surface area contributed by atoms with Crippen LogP contribution in [0.4, 0.5) is 5.82 Å². The van der Waals surface area contributed by atoms with Crippen molar-refractivity contribution in [2.75, 3.05) is 44.2 Å². The lowest BCUT2D eigenvalue weighted by Crippen LogP contribution is -2.48. The van der Waals surface area contributed by atoms with Crippen molar-refractivity contribution >= 4 is 43.3 Å². The summed E-state index contributed by atoms with van der Waals surface area (Å²) in [6.07, 6.45) is 4.55. The third-order valence-electron chi connectivity index (χ3n) is 5.66. The van der Waals surface area contributed by atoms with Crippen LogP contribution in [0.5, 0.6) is 0 Å². The summed E-state index contributed by atoms with van der Waals surface area (Å²) in [5.41, 5.74) is 2.44. The first-order valence-electron chi connectivity index (χ1n) is 9.85. The smallest absolute Gasteiger partial charge is 0.141 e. The third kappa shape index (κ3) is 3.68. The highest BCUT2D eigenvalue weighted by molar-refractivity contribution is 9.10. The van der Waals surface area contributed by atoms with E-state index >= 15 is 0 Å². The number of halogens is 1. The van der Waals surface area contributed by atoms with Crippen LogP contribution in [0.2, 0.25) is 0 Å². The number of nitrogens with zero attached hydrogens (tertiary/aromatic N) is 4. The zero-order valence-electron chi connectivity index (χ0n) is 15.7. The minimum Gasteiger partial charge on any atom is -0.377 e. The zero-order valence-corrected chi connectivity index (χ0v) is 18.1. The molecule has 0 radical (unpaired) electrons. The van der Waals surface area contributed by atoms with Gasteiger partial charge in [-0.15, -0.1) is 11.3 Å². The number of anilines is 1. The van der Waals surface area contributed by atoms with E-state index < -0.39 is 0 Å². The Balaban J connectivity index is 1.39. The van der Waals surface area contributed by atoms with Crippen LogP contribution in [-0.2, 0) is 4.74 Å². The predicted molar refractivity (Wildman–Crippen MR) is 118 cm³/mol. The van der Waals surface area contributed by atoms with Gasteiger partial charge in [0.2, 0.25) is 0 Å². The van der Waals surface area contributed by atoms with Gasteiger partial charge in [-0.2, -0.15) is 0 Å². The molecule has 2 aliphatic heterocycles. The van der Waals surface area contributed by atoms with Crippen molar-refractivity contribution in [3.8, 4) is 11.1 Å². The Morgan fingerprint density at radius 1 is 1.11 bits per heavy atom. The molecule has 3 aromatic rings. The highest BCUT2D eigenvalue weighted by Crippen LogP contribution is 2.38. The van der Waals surface area contributed by atoms with E-state index in [9.17, 15) is 0 Å². The highest BCUT2D eigenvalue weighted by atomic mass is 79.9. The number of rotatable bonds is 4. The monoisotopic (exact) mass is 458 g/mol. The second kappa shape index (κ2) is 8.06. The SMILES string of the molecule is Brc1ccc(-c2csc3ncnc(N4CCN(C[C@H]5CCCO5)CC4)c23)cc1. The molecule has 146 valence electrons. The maximum atomic E-state index is 5.81. The molecule has 5 nitrogen and oxygen atoms in total. The van der Waals surface area contributed by atoms with Gasteiger partial charge in [-0.3, -0.25) is 4.90 Å². The second-order valence-corrected chi connectivity index (χ2v) is 9.23. The van der Waals surface area contributed by atoms with Crippen molar-refractivity contribution in [1.29, 1.82) is 0 Å². The van der Waals surface area contributed by atoms with Crippen molar-refractivity contribution in [3.05, 3.63) is 40.4 Å². The third-order valence-corrected chi connectivity index (χ3v) is 7.08. The maximum Gasteiger partial charge on any atom is 0.141 e. The molecular formula is C21H23BrN4OS. The molecule has 28 heavy (non-hydrogen) atoms. The van der Waals surface area contributed by atoms with E-state index in [1.807, 2.05) is 0 Å². The van der Waals surface area contributed by atoms with Gasteiger partial charge in [0.25, 0.3) is 0 Å². The molecule has 0 amide bonds. The molecule has 2 aliphatic rings. The molecule has 0 unspecified atom stereocenters. The number of hydrogen-bond acceptors (Lipinski definition) is 6. The van der Waals surface area contributed by atoms with E-state index in [1.54, 1.807) is 17.7 Å². The standard InChI is InChI=1S/C21H23BrN4OS/c22-16-5-3-15(4-6-16)18-13-28-21-19(18)20(23-14-24-21)26-9-7-25(8-10-26)12-17-2-1-11-27-17/h3-6,13-14,17H,1-2,7-12H2/t17-/m1/s1. The fourth-order valence-electron chi connectivity index (χ4n) is 4.16. The minimum absolute atomic E-state index is 0.429. The molecule has 4 heterocycles. The Morgan fingerprint density at radius 3 is 2.68 bits per heavy atom. The first-order valence-corrected chi connectivity index (χ1v) is 11.5. The Morgan fingerprint density at radius 2 is 1.93 bits per heavy atom. The van der Waals surface area contributed by atoms with E-state index in [0.717, 1.165) is 54.5 Å². The minimum atomic E-state index is 0.429. The Hall–Kier alpha value is -1.54. The van der Waals surface area contributed by atoms with Crippen LogP contribution in [0.15, 0.2) is 40.4 Å². The Kier molecular flexibility index (Phi) is 5.32. The number of aromatic nitrogens is 2. The van der Waals surface area contributed by atoms with Gasteiger partial charge >= 0.3 is 0 Å². The largest absolute Gasteiger partial charge is 0.377 e. The average Bonchev–Trinajstić information content (AvgIpc) is 3.39. The lowest BCUT2D eigenvalue weighted by atomic mass is 10.1. The van der Waals surface area contributed by atoms with Crippen LogP contribution in [0.3, 0.4) is 0 Å². The first-order chi connectivity index (χ1) is 13.8. The van der Waals surface area contributed by atoms with E-state index in [-0.39, 0.29) is 0 Å². The fourth-order valence-corrected chi connectivity index (χ4v) is 5.33. The zero-order chi connectivity index (χ0) is 18.9. The molecule has 0 bridgehead atoms. The second-order valence-electron chi connectivity index (χ2n) is 7.46. The maximum absolute atomic E-state index is 5.81. The normalized spacial score (nSPS) is 20.9. The van der Waals surface area contributed by atoms with Gasteiger partial charge in [0, 0.05) is 54.7 Å². The van der Waals surface area contributed by atoms with Gasteiger partial charge in [0.05, 0.1) is 11.5 Å². The van der Waals surface area contributed by atoms with Crippen LogP contribution in [0.1, 0.15) is 12.8 Å². The van der Waals surface area contributed by atoms with Gasteiger partial charge in [-0.25, -0.2) is 9.97 Å². The molecule has 1 atom stereocenters. The van der Waals surface area contributed by atoms with Crippen molar-refractivity contribution in [2.45, 2.75) is 18.9 Å². The van der Waals surface area contributed by atoms with Gasteiger partial charge in [-0.05, 0) is 30.5 Å². The number of benzene rings is 1. The lowest BCUT2D eigenvalue weighted by Gasteiger charge is -2.36. The molecule has 7 heteroatoms. The summed E-state index contributed by atoms with van der Waals surface area (Å²) in [6, 6.07) is 8.49. The van der Waals surface area contributed by atoms with Gasteiger partial charge in [0.1, 0.15) is 17.0 Å². The number of thiophene rings is 1. The van der Waals surface area contributed by atoms with E-state index in [0.29, 0.717) is 6.10 Å². The summed E-state index contributed by atoms with van der Waals surface area (Å²) in [6.45, 7) is 6.10. The summed E-state index contributed by atoms with van der Waals surface area (Å²) in [5, 5.41) is 3.39. The topological polar surface area (TPSA) is 41.5 Å². The van der Waals surface area contributed by atoms with Gasteiger partial charge in [-0.1, -0.05) is 28.1 Å². The number of piperazine rings is 1. The van der Waals surface area contributed by atoms with Crippen molar-refractivity contribution in [3.63, 3.8) is 0 Å². The average molecular weight is 459 g/mol. The van der Waals surface area contributed by atoms with Crippen LogP contribution >= 0.6 is 27.3 Å². The fraction of sp³-hybridized carbons (Fsp3) is 0.429. The van der Waals surface area contributed by atoms with Gasteiger partial charge in [0.15, 0.2) is 0 Å². The summed E-state index contributed by atoms with van der Waals surface area (Å²) in [7, 11) is 0. The van der Waals surface area contributed by atoms with Crippen molar-refractivity contribution < 1.29 is 4.74 Å². The van der Waals surface area contributed by atoms with Crippen LogP contribution in [-0.4, -0.2) is 60.3 Å². The molecule has 1 aromatic carbocycles. The summed E-state index contributed by atoms with van der Waals surface area (Å²) >= 11 is 5.22. The molecule has 0 spiro atoms. The molecule has 2 aromatic heterocycles. The summed E-state index contributed by atoms with van der Waals surface area (Å²) < 4.78 is 6.90. The lowest BCUT2D eigenvalue weighted by molar-refractivity contribution is 0.0712. The molecule has 2 fully saturated rings. The van der Waals surface area contributed by atoms with E-state index in [1.165, 1.54) is 29.4 Å². The van der Waals surface area contributed by atoms with Crippen LogP contribution < -0.4 is 4.90 Å². The molecule has 0 saturated carbocycles. The van der Waals surface area contributed by atoms with Crippen LogP contribution in [0, 0.1) is 0 Å². The highest BCUT2D eigenvalue weighted by Gasteiger charge is 2.25. The van der Waals surface area contributed by atoms with Crippen LogP contribution in [0.25, 0.3) is 21.3 Å². The Labute approximate surface area is 177 Å². The Bertz CT molecular complexity index is 947. The molecule has 5 rings (SSSR count). The summed E-state index contributed by atoms with van der Waals surface area (Å²) in [5.74, 6) is 1.07. The number of fused-ring (bicyclic) bond motifs is 1. The van der Waals surface area contributed by atoms with Crippen molar-refractivity contribution in [1.82, 2.24) is 14.9 Å². The predicted octanol–water partition coefficient (Wildman–Crippen LogP) is 4.42. The number of ether oxygens (including phenoxy) is 1. The first kappa shape index (κ1) is 18.5. The van der Waals surface area contributed by atoms with Crippen molar-refractivity contribution in [2.24, 2.45) is 0 Å². The molecule has 0 aliphatic carbocycles. The molecular weight excluding hydrogens is 436 g/mol. The molecule has 2 saturated heterocycles. The number of hydrogen-bond donors (Lipinski definition) is 0. The quantitative estimate of drug-likeness (QED) is 0.578. The molecule has 0 N–H and O–H groups in total. The van der Waals surface area contributed by atoms with E-state index in [2.05, 4.69) is 60.4 Å².